The highest BCUT2D eigenvalue weighted by molar-refractivity contribution is 5.76. The first-order valence-electron chi connectivity index (χ1n) is 8.77. The van der Waals surface area contributed by atoms with Gasteiger partial charge in [-0.05, 0) is 57.1 Å². The van der Waals surface area contributed by atoms with Crippen LogP contribution in [0.5, 0.6) is 0 Å². The maximum absolute atomic E-state index is 12.3. The quantitative estimate of drug-likeness (QED) is 0.876. The van der Waals surface area contributed by atoms with Gasteiger partial charge in [0.05, 0.1) is 0 Å². The zero-order valence-electron chi connectivity index (χ0n) is 13.7. The summed E-state index contributed by atoms with van der Waals surface area (Å²) in [5.74, 6) is 1.26. The third-order valence-corrected chi connectivity index (χ3v) is 4.95. The molecule has 0 unspecified atom stereocenters. The van der Waals surface area contributed by atoms with Crippen LogP contribution in [0.15, 0.2) is 24.3 Å². The number of nitrogens with zero attached hydrogens (tertiary/aromatic N) is 1. The number of amides is 1. The molecule has 1 amide bonds. The molecule has 1 N–H and O–H groups in total. The third kappa shape index (κ3) is 4.57. The van der Waals surface area contributed by atoms with Crippen molar-refractivity contribution in [3.05, 3.63) is 35.4 Å². The highest BCUT2D eigenvalue weighted by atomic mass is 16.2. The SMILES string of the molecule is Cc1cccc(CCC(=O)N2CCC(NCC3CC3)CC2)c1. The Balaban J connectivity index is 1.37. The molecular formula is C19H28N2O. The maximum atomic E-state index is 12.3. The number of piperidine rings is 1. The third-order valence-electron chi connectivity index (χ3n) is 4.95. The van der Waals surface area contributed by atoms with Gasteiger partial charge in [0.25, 0.3) is 0 Å². The number of hydrogen-bond acceptors (Lipinski definition) is 2. The van der Waals surface area contributed by atoms with E-state index in [4.69, 9.17) is 0 Å². The van der Waals surface area contributed by atoms with Gasteiger partial charge in [0.15, 0.2) is 0 Å². The van der Waals surface area contributed by atoms with E-state index >= 15 is 0 Å². The summed E-state index contributed by atoms with van der Waals surface area (Å²) in [7, 11) is 0. The Bertz CT molecular complexity index is 502. The Hall–Kier alpha value is -1.35. The summed E-state index contributed by atoms with van der Waals surface area (Å²) in [5.41, 5.74) is 2.54. The van der Waals surface area contributed by atoms with Crippen molar-refractivity contribution in [3.8, 4) is 0 Å². The first-order valence-corrected chi connectivity index (χ1v) is 8.77. The largest absolute Gasteiger partial charge is 0.343 e. The van der Waals surface area contributed by atoms with Crippen molar-refractivity contribution in [2.45, 2.75) is 51.5 Å². The average Bonchev–Trinajstić information content (AvgIpc) is 3.35. The lowest BCUT2D eigenvalue weighted by Crippen LogP contribution is -2.45. The van der Waals surface area contributed by atoms with Crippen LogP contribution in [-0.2, 0) is 11.2 Å². The summed E-state index contributed by atoms with van der Waals surface area (Å²) in [6, 6.07) is 9.11. The van der Waals surface area contributed by atoms with Crippen LogP contribution in [0.1, 0.15) is 43.2 Å². The summed E-state index contributed by atoms with van der Waals surface area (Å²) < 4.78 is 0. The topological polar surface area (TPSA) is 32.3 Å². The molecule has 0 atom stereocenters. The van der Waals surface area contributed by atoms with Crippen molar-refractivity contribution in [3.63, 3.8) is 0 Å². The zero-order chi connectivity index (χ0) is 15.4. The molecule has 120 valence electrons. The summed E-state index contributed by atoms with van der Waals surface area (Å²) in [6.45, 7) is 5.14. The molecular weight excluding hydrogens is 272 g/mol. The fourth-order valence-corrected chi connectivity index (χ4v) is 3.27. The summed E-state index contributed by atoms with van der Waals surface area (Å²) in [6.07, 6.45) is 6.54. The second-order valence-electron chi connectivity index (χ2n) is 7.00. The van der Waals surface area contributed by atoms with Gasteiger partial charge in [-0.15, -0.1) is 0 Å². The first-order chi connectivity index (χ1) is 10.7. The second kappa shape index (κ2) is 7.28. The molecule has 0 radical (unpaired) electrons. The summed E-state index contributed by atoms with van der Waals surface area (Å²) in [4.78, 5) is 14.4. The fourth-order valence-electron chi connectivity index (χ4n) is 3.27. The molecule has 3 heteroatoms. The Morgan fingerprint density at radius 3 is 2.68 bits per heavy atom. The summed E-state index contributed by atoms with van der Waals surface area (Å²) >= 11 is 0. The van der Waals surface area contributed by atoms with Crippen LogP contribution >= 0.6 is 0 Å². The highest BCUT2D eigenvalue weighted by Crippen LogP contribution is 2.28. The van der Waals surface area contributed by atoms with Crippen LogP contribution in [0.3, 0.4) is 0 Å². The minimum Gasteiger partial charge on any atom is -0.343 e. The van der Waals surface area contributed by atoms with Crippen molar-refractivity contribution >= 4 is 5.91 Å². The fraction of sp³-hybridized carbons (Fsp3) is 0.632. The van der Waals surface area contributed by atoms with E-state index in [2.05, 4.69) is 41.4 Å². The lowest BCUT2D eigenvalue weighted by atomic mass is 10.0. The number of nitrogens with one attached hydrogen (secondary N) is 1. The van der Waals surface area contributed by atoms with Gasteiger partial charge in [-0.25, -0.2) is 0 Å². The number of aryl methyl sites for hydroxylation is 2. The average molecular weight is 300 g/mol. The molecule has 1 aromatic rings. The van der Waals surface area contributed by atoms with E-state index in [1.807, 2.05) is 0 Å². The zero-order valence-corrected chi connectivity index (χ0v) is 13.7. The minimum atomic E-state index is 0.321. The summed E-state index contributed by atoms with van der Waals surface area (Å²) in [5, 5.41) is 3.67. The predicted octanol–water partition coefficient (Wildman–Crippen LogP) is 2.92. The van der Waals surface area contributed by atoms with Crippen molar-refractivity contribution < 1.29 is 4.79 Å². The molecule has 1 heterocycles. The number of likely N-dealkylation sites (tertiary alicyclic amines) is 1. The Kier molecular flexibility index (Phi) is 5.14. The van der Waals surface area contributed by atoms with Gasteiger partial charge in [0.2, 0.25) is 5.91 Å². The number of rotatable bonds is 6. The highest BCUT2D eigenvalue weighted by Gasteiger charge is 2.25. The second-order valence-corrected chi connectivity index (χ2v) is 7.00. The van der Waals surface area contributed by atoms with E-state index in [0.717, 1.165) is 38.3 Å². The minimum absolute atomic E-state index is 0.321. The van der Waals surface area contributed by atoms with Crippen molar-refractivity contribution in [2.24, 2.45) is 5.92 Å². The number of carbonyl (C=O) groups excluding carboxylic acids is 1. The molecule has 1 aliphatic carbocycles. The van der Waals surface area contributed by atoms with Crippen molar-refractivity contribution in [1.82, 2.24) is 10.2 Å². The smallest absolute Gasteiger partial charge is 0.222 e. The first kappa shape index (κ1) is 15.5. The molecule has 3 rings (SSSR count). The lowest BCUT2D eigenvalue weighted by Gasteiger charge is -2.32. The molecule has 2 aliphatic rings. The molecule has 1 aliphatic heterocycles. The molecule has 1 aromatic carbocycles. The molecule has 22 heavy (non-hydrogen) atoms. The molecule has 2 fully saturated rings. The van der Waals surface area contributed by atoms with E-state index in [1.54, 1.807) is 0 Å². The van der Waals surface area contributed by atoms with E-state index in [-0.39, 0.29) is 0 Å². The van der Waals surface area contributed by atoms with Crippen molar-refractivity contribution in [1.29, 1.82) is 0 Å². The van der Waals surface area contributed by atoms with E-state index in [9.17, 15) is 4.79 Å². The van der Waals surface area contributed by atoms with Gasteiger partial charge in [0, 0.05) is 25.6 Å². The number of benzene rings is 1. The lowest BCUT2D eigenvalue weighted by molar-refractivity contribution is -0.132. The van der Waals surface area contributed by atoms with E-state index in [1.165, 1.54) is 30.5 Å². The van der Waals surface area contributed by atoms with E-state index in [0.29, 0.717) is 18.4 Å². The Labute approximate surface area is 134 Å². The van der Waals surface area contributed by atoms with Crippen LogP contribution in [0.4, 0.5) is 0 Å². The number of carbonyl (C=O) groups is 1. The maximum Gasteiger partial charge on any atom is 0.222 e. The molecule has 1 saturated carbocycles. The van der Waals surface area contributed by atoms with Crippen LogP contribution in [0.2, 0.25) is 0 Å². The standard InChI is InChI=1S/C19H28N2O/c1-15-3-2-4-16(13-15)7-8-19(22)21-11-9-18(10-12-21)20-14-17-5-6-17/h2-4,13,17-18,20H,5-12,14H2,1H3. The Morgan fingerprint density at radius 2 is 2.00 bits per heavy atom. The normalized spacial score (nSPS) is 19.4. The van der Waals surface area contributed by atoms with Crippen LogP contribution in [0, 0.1) is 12.8 Å². The van der Waals surface area contributed by atoms with Gasteiger partial charge in [-0.1, -0.05) is 29.8 Å². The van der Waals surface area contributed by atoms with Crippen LogP contribution in [0.25, 0.3) is 0 Å². The molecule has 0 aromatic heterocycles. The van der Waals surface area contributed by atoms with Crippen molar-refractivity contribution in [2.75, 3.05) is 19.6 Å². The molecule has 3 nitrogen and oxygen atoms in total. The van der Waals surface area contributed by atoms with Gasteiger partial charge in [-0.2, -0.15) is 0 Å². The van der Waals surface area contributed by atoms with Crippen LogP contribution in [-0.4, -0.2) is 36.5 Å². The predicted molar refractivity (Wildman–Crippen MR) is 89.8 cm³/mol. The molecule has 1 saturated heterocycles. The van der Waals surface area contributed by atoms with Gasteiger partial charge >= 0.3 is 0 Å². The van der Waals surface area contributed by atoms with Gasteiger partial charge < -0.3 is 10.2 Å². The number of hydrogen-bond donors (Lipinski definition) is 1. The van der Waals surface area contributed by atoms with Gasteiger partial charge in [-0.3, -0.25) is 4.79 Å². The Morgan fingerprint density at radius 1 is 1.23 bits per heavy atom. The van der Waals surface area contributed by atoms with Crippen LogP contribution < -0.4 is 5.32 Å². The van der Waals surface area contributed by atoms with Gasteiger partial charge in [0.1, 0.15) is 0 Å². The monoisotopic (exact) mass is 300 g/mol. The van der Waals surface area contributed by atoms with E-state index < -0.39 is 0 Å². The molecule has 0 bridgehead atoms. The molecule has 0 spiro atoms.